The van der Waals surface area contributed by atoms with E-state index in [0.717, 1.165) is 31.7 Å². The standard InChI is InChI=1S/C11H18N2O2.C7H8O3S/c1-11(2,3)15-10(14)13-6-8-4-12-5-9(8)7-13;1-6-2-4-7(5-3-6)11(8,9)10/h12H,4-7H2,1-3H3;2-5H,1H3,(H,8,9,10). The van der Waals surface area contributed by atoms with Gasteiger partial charge in [-0.25, -0.2) is 4.79 Å². The molecule has 0 aromatic heterocycles. The first-order valence-electron chi connectivity index (χ1n) is 8.38. The van der Waals surface area contributed by atoms with Crippen LogP contribution in [0.3, 0.4) is 0 Å². The van der Waals surface area contributed by atoms with E-state index >= 15 is 0 Å². The van der Waals surface area contributed by atoms with Crippen LogP contribution in [-0.4, -0.2) is 55.7 Å². The molecule has 0 unspecified atom stereocenters. The second kappa shape index (κ2) is 7.77. The van der Waals surface area contributed by atoms with Gasteiger partial charge in [0.2, 0.25) is 0 Å². The van der Waals surface area contributed by atoms with Crippen LogP contribution in [0.15, 0.2) is 40.3 Å². The normalized spacial score (nSPS) is 16.9. The van der Waals surface area contributed by atoms with Gasteiger partial charge in [-0.3, -0.25) is 4.55 Å². The lowest BCUT2D eigenvalue weighted by Crippen LogP contribution is -2.37. The summed E-state index contributed by atoms with van der Waals surface area (Å²) in [6, 6.07) is 5.99. The first kappa shape index (κ1) is 20.4. The number of nitrogens with zero attached hydrogens (tertiary/aromatic N) is 1. The minimum atomic E-state index is -4.02. The Morgan fingerprint density at radius 1 is 1.12 bits per heavy atom. The Morgan fingerprint density at radius 3 is 2.04 bits per heavy atom. The lowest BCUT2D eigenvalue weighted by atomic mass is 10.2. The summed E-state index contributed by atoms with van der Waals surface area (Å²) in [5.41, 5.74) is 3.28. The summed E-state index contributed by atoms with van der Waals surface area (Å²) in [5, 5.41) is 3.28. The lowest BCUT2D eigenvalue weighted by molar-refractivity contribution is 0.0297. The van der Waals surface area contributed by atoms with Crippen molar-refractivity contribution in [3.8, 4) is 0 Å². The van der Waals surface area contributed by atoms with E-state index in [0.29, 0.717) is 0 Å². The molecule has 1 amide bonds. The van der Waals surface area contributed by atoms with Crippen LogP contribution in [0.5, 0.6) is 0 Å². The maximum Gasteiger partial charge on any atom is 0.410 e. The van der Waals surface area contributed by atoms with Crippen LogP contribution in [0.2, 0.25) is 0 Å². The molecule has 0 fully saturated rings. The van der Waals surface area contributed by atoms with Gasteiger partial charge in [0.15, 0.2) is 0 Å². The van der Waals surface area contributed by atoms with Gasteiger partial charge in [0.05, 0.1) is 4.90 Å². The molecular formula is C18H26N2O5S. The Labute approximate surface area is 154 Å². The molecule has 0 bridgehead atoms. The van der Waals surface area contributed by atoms with Gasteiger partial charge in [0.25, 0.3) is 10.1 Å². The number of ether oxygens (including phenoxy) is 1. The van der Waals surface area contributed by atoms with Gasteiger partial charge < -0.3 is 15.0 Å². The van der Waals surface area contributed by atoms with Crippen molar-refractivity contribution in [2.45, 2.75) is 38.2 Å². The maximum absolute atomic E-state index is 11.7. The van der Waals surface area contributed by atoms with E-state index in [1.54, 1.807) is 17.0 Å². The van der Waals surface area contributed by atoms with Gasteiger partial charge >= 0.3 is 6.09 Å². The Kier molecular flexibility index (Phi) is 6.10. The summed E-state index contributed by atoms with van der Waals surface area (Å²) in [6.45, 7) is 10.8. The first-order chi connectivity index (χ1) is 12.0. The van der Waals surface area contributed by atoms with E-state index in [1.165, 1.54) is 23.3 Å². The molecule has 1 aromatic rings. The molecule has 0 atom stereocenters. The van der Waals surface area contributed by atoms with Crippen molar-refractivity contribution in [2.24, 2.45) is 0 Å². The molecule has 0 spiro atoms. The van der Waals surface area contributed by atoms with Crippen molar-refractivity contribution in [3.63, 3.8) is 0 Å². The van der Waals surface area contributed by atoms with Crippen LogP contribution in [0, 0.1) is 6.92 Å². The van der Waals surface area contributed by atoms with E-state index in [4.69, 9.17) is 9.29 Å². The summed E-state index contributed by atoms with van der Waals surface area (Å²) in [4.78, 5) is 13.5. The number of nitrogens with one attached hydrogen (secondary N) is 1. The predicted octanol–water partition coefficient (Wildman–Crippen LogP) is 2.38. The molecule has 26 heavy (non-hydrogen) atoms. The van der Waals surface area contributed by atoms with Crippen LogP contribution >= 0.6 is 0 Å². The monoisotopic (exact) mass is 382 g/mol. The minimum Gasteiger partial charge on any atom is -0.444 e. The largest absolute Gasteiger partial charge is 0.444 e. The van der Waals surface area contributed by atoms with Crippen LogP contribution in [-0.2, 0) is 14.9 Å². The molecule has 144 valence electrons. The number of aryl methyl sites for hydroxylation is 1. The molecule has 2 N–H and O–H groups in total. The summed E-state index contributed by atoms with van der Waals surface area (Å²) < 4.78 is 34.9. The fourth-order valence-electron chi connectivity index (χ4n) is 2.63. The summed E-state index contributed by atoms with van der Waals surface area (Å²) >= 11 is 0. The Morgan fingerprint density at radius 2 is 1.62 bits per heavy atom. The van der Waals surface area contributed by atoms with Crippen molar-refractivity contribution in [2.75, 3.05) is 26.2 Å². The summed E-state index contributed by atoms with van der Waals surface area (Å²) in [5.74, 6) is 0. The van der Waals surface area contributed by atoms with Gasteiger partial charge in [-0.15, -0.1) is 0 Å². The summed E-state index contributed by atoms with van der Waals surface area (Å²) in [7, 11) is -4.02. The zero-order valence-corrected chi connectivity index (χ0v) is 16.4. The number of carbonyl (C=O) groups excluding carboxylic acids is 1. The van der Waals surface area contributed by atoms with Crippen molar-refractivity contribution >= 4 is 16.2 Å². The highest BCUT2D eigenvalue weighted by atomic mass is 32.2. The maximum atomic E-state index is 11.7. The minimum absolute atomic E-state index is 0.0666. The molecule has 0 saturated carbocycles. The van der Waals surface area contributed by atoms with Gasteiger partial charge in [0.1, 0.15) is 5.60 Å². The number of benzene rings is 1. The molecule has 0 saturated heterocycles. The van der Waals surface area contributed by atoms with E-state index in [1.807, 2.05) is 27.7 Å². The second-order valence-electron chi connectivity index (χ2n) is 7.44. The lowest BCUT2D eigenvalue weighted by Gasteiger charge is -2.25. The fraction of sp³-hybridized carbons (Fsp3) is 0.500. The Bertz CT molecular complexity index is 776. The molecule has 0 radical (unpaired) electrons. The summed E-state index contributed by atoms with van der Waals surface area (Å²) in [6.07, 6.45) is -0.197. The van der Waals surface area contributed by atoms with Crippen molar-refractivity contribution in [1.82, 2.24) is 10.2 Å². The van der Waals surface area contributed by atoms with Crippen LogP contribution in [0.1, 0.15) is 26.3 Å². The number of rotatable bonds is 1. The van der Waals surface area contributed by atoms with Gasteiger partial charge in [-0.2, -0.15) is 8.42 Å². The SMILES string of the molecule is CC(C)(C)OC(=O)N1CC2=C(CNC2)C1.Cc1ccc(S(=O)(=O)O)cc1. The van der Waals surface area contributed by atoms with Crippen molar-refractivity contribution < 1.29 is 22.5 Å². The number of hydrogen-bond acceptors (Lipinski definition) is 5. The molecular weight excluding hydrogens is 356 g/mol. The van der Waals surface area contributed by atoms with Gasteiger partial charge in [-0.05, 0) is 51.0 Å². The molecule has 1 aromatic carbocycles. The molecule has 2 heterocycles. The fourth-order valence-corrected chi connectivity index (χ4v) is 3.11. The van der Waals surface area contributed by atoms with E-state index in [9.17, 15) is 13.2 Å². The average molecular weight is 382 g/mol. The van der Waals surface area contributed by atoms with E-state index in [-0.39, 0.29) is 11.0 Å². The molecule has 2 aliphatic heterocycles. The molecule has 0 aliphatic carbocycles. The highest BCUT2D eigenvalue weighted by Gasteiger charge is 2.30. The van der Waals surface area contributed by atoms with Gasteiger partial charge in [-0.1, -0.05) is 17.7 Å². The topological polar surface area (TPSA) is 95.9 Å². The number of carbonyl (C=O) groups is 1. The molecule has 2 aliphatic rings. The zero-order valence-electron chi connectivity index (χ0n) is 15.6. The quantitative estimate of drug-likeness (QED) is 0.572. The van der Waals surface area contributed by atoms with Crippen LogP contribution in [0.4, 0.5) is 4.79 Å². The smallest absolute Gasteiger partial charge is 0.410 e. The highest BCUT2D eigenvalue weighted by molar-refractivity contribution is 7.85. The van der Waals surface area contributed by atoms with Crippen LogP contribution in [0.25, 0.3) is 0 Å². The van der Waals surface area contributed by atoms with E-state index in [2.05, 4.69) is 5.32 Å². The third-order valence-corrected chi connectivity index (χ3v) is 4.78. The highest BCUT2D eigenvalue weighted by Crippen LogP contribution is 2.22. The van der Waals surface area contributed by atoms with E-state index < -0.39 is 15.7 Å². The van der Waals surface area contributed by atoms with Crippen molar-refractivity contribution in [3.05, 3.63) is 41.0 Å². The third kappa shape index (κ3) is 5.82. The molecule has 3 rings (SSSR count). The number of amides is 1. The zero-order chi connectivity index (χ0) is 19.5. The first-order valence-corrected chi connectivity index (χ1v) is 9.82. The van der Waals surface area contributed by atoms with Crippen LogP contribution < -0.4 is 5.32 Å². The number of hydrogen-bond donors (Lipinski definition) is 2. The average Bonchev–Trinajstić information content (AvgIpc) is 3.06. The molecule has 7 nitrogen and oxygen atoms in total. The third-order valence-electron chi connectivity index (χ3n) is 3.91. The Hall–Kier alpha value is -1.90. The molecule has 8 heteroatoms. The van der Waals surface area contributed by atoms with Gasteiger partial charge in [0, 0.05) is 26.2 Å². The van der Waals surface area contributed by atoms with Crippen molar-refractivity contribution in [1.29, 1.82) is 0 Å². The predicted molar refractivity (Wildman–Crippen MR) is 98.7 cm³/mol. The second-order valence-corrected chi connectivity index (χ2v) is 8.86. The Balaban J connectivity index is 0.000000197.